The van der Waals surface area contributed by atoms with Gasteiger partial charge in [0.05, 0.1) is 22.3 Å². The van der Waals surface area contributed by atoms with Crippen LogP contribution >= 0.6 is 0 Å². The summed E-state index contributed by atoms with van der Waals surface area (Å²) in [4.78, 5) is 61.5. The number of benzene rings is 5. The Balaban J connectivity index is 1.30. The van der Waals surface area contributed by atoms with Gasteiger partial charge in [-0.05, 0) is 77.5 Å². The molecule has 212 valence electrons. The second kappa shape index (κ2) is 12.1. The molecular weight excluding hydrogens is 556 g/mol. The largest absolute Gasteiger partial charge is 0.478 e. The van der Waals surface area contributed by atoms with Crippen LogP contribution in [0.5, 0.6) is 17.2 Å². The number of hydrogen-bond acceptors (Lipinski definition) is 8. The number of carboxylic acid groups (broad SMARTS) is 2. The van der Waals surface area contributed by atoms with Crippen molar-refractivity contribution >= 4 is 40.6 Å². The molecule has 0 fully saturated rings. The predicted octanol–water partition coefficient (Wildman–Crippen LogP) is 5.89. The van der Waals surface area contributed by atoms with Crippen LogP contribution in [0.4, 0.5) is 0 Å². The summed E-state index contributed by atoms with van der Waals surface area (Å²) in [5, 5.41) is 19.7. The van der Waals surface area contributed by atoms with Crippen LogP contribution in [0.25, 0.3) is 10.8 Å². The first-order chi connectivity index (χ1) is 20.7. The molecule has 0 spiro atoms. The highest BCUT2D eigenvalue weighted by molar-refractivity contribution is 6.13. The molecule has 0 bridgehead atoms. The molecule has 0 aliphatic carbocycles. The zero-order valence-corrected chi connectivity index (χ0v) is 22.1. The van der Waals surface area contributed by atoms with E-state index in [1.54, 1.807) is 42.5 Å². The first-order valence-corrected chi connectivity index (χ1v) is 12.7. The first-order valence-electron chi connectivity index (χ1n) is 12.7. The third-order valence-corrected chi connectivity index (χ3v) is 6.29. The average Bonchev–Trinajstić information content (AvgIpc) is 3.01. The Bertz CT molecular complexity index is 1890. The van der Waals surface area contributed by atoms with Crippen molar-refractivity contribution in [3.8, 4) is 17.2 Å². The van der Waals surface area contributed by atoms with Gasteiger partial charge in [0.25, 0.3) is 0 Å². The molecular formula is C33H20O10. The van der Waals surface area contributed by atoms with Crippen LogP contribution in [0, 0.1) is 0 Å². The molecule has 0 atom stereocenters. The van der Waals surface area contributed by atoms with Gasteiger partial charge in [0, 0.05) is 0 Å². The topological polar surface area (TPSA) is 154 Å². The van der Waals surface area contributed by atoms with Crippen molar-refractivity contribution in [2.24, 2.45) is 0 Å². The van der Waals surface area contributed by atoms with E-state index in [1.165, 1.54) is 66.7 Å². The van der Waals surface area contributed by atoms with E-state index in [9.17, 15) is 29.1 Å². The van der Waals surface area contributed by atoms with Crippen LogP contribution in [-0.4, -0.2) is 40.1 Å². The predicted molar refractivity (Wildman–Crippen MR) is 152 cm³/mol. The van der Waals surface area contributed by atoms with Gasteiger partial charge in [0.15, 0.2) is 0 Å². The quantitative estimate of drug-likeness (QED) is 0.169. The van der Waals surface area contributed by atoms with Crippen LogP contribution in [0.15, 0.2) is 109 Å². The summed E-state index contributed by atoms with van der Waals surface area (Å²) in [7, 11) is 0. The zero-order valence-electron chi connectivity index (χ0n) is 22.1. The molecule has 0 radical (unpaired) electrons. The normalized spacial score (nSPS) is 10.5. The molecule has 2 N–H and O–H groups in total. The minimum absolute atomic E-state index is 0.0256. The smallest absolute Gasteiger partial charge is 0.347 e. The highest BCUT2D eigenvalue weighted by Gasteiger charge is 2.24. The molecule has 5 aromatic carbocycles. The Labute approximate surface area is 243 Å². The average molecular weight is 577 g/mol. The standard InChI is InChI=1S/C33H20O10/c34-29(35)20-9-11-21(12-10-20)31(38)41-22-14-16-23(17-15-22)42-32(39)25-7-3-4-8-27(25)43-33(40)28-24-6-2-1-5-19(24)13-18-26(28)30(36)37/h1-18H,(H,34,35)(H,36,37). The number of esters is 3. The number of fused-ring (bicyclic) bond motifs is 1. The maximum atomic E-state index is 13.3. The third-order valence-electron chi connectivity index (χ3n) is 6.29. The minimum Gasteiger partial charge on any atom is -0.478 e. The van der Waals surface area contributed by atoms with Gasteiger partial charge in [-0.15, -0.1) is 0 Å². The van der Waals surface area contributed by atoms with Crippen molar-refractivity contribution in [2.45, 2.75) is 0 Å². The molecule has 0 aliphatic rings. The van der Waals surface area contributed by atoms with E-state index in [4.69, 9.17) is 19.3 Å². The Morgan fingerprint density at radius 2 is 1.05 bits per heavy atom. The summed E-state index contributed by atoms with van der Waals surface area (Å²) in [5.41, 5.74) is -0.324. The van der Waals surface area contributed by atoms with Gasteiger partial charge in [-0.25, -0.2) is 24.0 Å². The number of para-hydroxylation sites is 1. The number of carboxylic acids is 2. The molecule has 5 rings (SSSR count). The molecule has 5 aromatic rings. The van der Waals surface area contributed by atoms with E-state index in [0.29, 0.717) is 10.8 Å². The van der Waals surface area contributed by atoms with Gasteiger partial charge in [0.2, 0.25) is 0 Å². The highest BCUT2D eigenvalue weighted by Crippen LogP contribution is 2.27. The maximum Gasteiger partial charge on any atom is 0.347 e. The van der Waals surface area contributed by atoms with Crippen molar-refractivity contribution in [1.29, 1.82) is 0 Å². The molecule has 0 aromatic heterocycles. The maximum absolute atomic E-state index is 13.3. The number of rotatable bonds is 8. The van der Waals surface area contributed by atoms with E-state index in [-0.39, 0.29) is 45.1 Å². The molecule has 0 amide bonds. The van der Waals surface area contributed by atoms with E-state index in [2.05, 4.69) is 0 Å². The van der Waals surface area contributed by atoms with Crippen molar-refractivity contribution in [1.82, 2.24) is 0 Å². The number of carbonyl (C=O) groups excluding carboxylic acids is 3. The molecule has 0 unspecified atom stereocenters. The Morgan fingerprint density at radius 1 is 0.465 bits per heavy atom. The van der Waals surface area contributed by atoms with Gasteiger partial charge in [-0.3, -0.25) is 0 Å². The van der Waals surface area contributed by atoms with Gasteiger partial charge < -0.3 is 24.4 Å². The fourth-order valence-corrected chi connectivity index (χ4v) is 4.20. The molecule has 10 heteroatoms. The fourth-order valence-electron chi connectivity index (χ4n) is 4.20. The fraction of sp³-hybridized carbons (Fsp3) is 0. The van der Waals surface area contributed by atoms with Gasteiger partial charge in [-0.1, -0.05) is 42.5 Å². The summed E-state index contributed by atoms with van der Waals surface area (Å²) in [6.07, 6.45) is 0. The number of ether oxygens (including phenoxy) is 3. The van der Waals surface area contributed by atoms with Crippen LogP contribution in [-0.2, 0) is 0 Å². The SMILES string of the molecule is O=C(O)c1ccc(C(=O)Oc2ccc(OC(=O)c3ccccc3OC(=O)c3c(C(=O)O)ccc4ccccc34)cc2)cc1. The second-order valence-electron chi connectivity index (χ2n) is 9.03. The lowest BCUT2D eigenvalue weighted by molar-refractivity contribution is 0.0661. The first kappa shape index (κ1) is 28.2. The van der Waals surface area contributed by atoms with Crippen molar-refractivity contribution < 1.29 is 48.4 Å². The van der Waals surface area contributed by atoms with Gasteiger partial charge in [0.1, 0.15) is 22.8 Å². The summed E-state index contributed by atoms with van der Waals surface area (Å²) < 4.78 is 16.2. The van der Waals surface area contributed by atoms with Crippen molar-refractivity contribution in [2.75, 3.05) is 0 Å². The Morgan fingerprint density at radius 3 is 1.70 bits per heavy atom. The second-order valence-corrected chi connectivity index (χ2v) is 9.03. The molecule has 0 saturated carbocycles. The monoisotopic (exact) mass is 576 g/mol. The van der Waals surface area contributed by atoms with E-state index in [1.807, 2.05) is 0 Å². The summed E-state index contributed by atoms with van der Waals surface area (Å²) >= 11 is 0. The molecule has 10 nitrogen and oxygen atoms in total. The third kappa shape index (κ3) is 6.23. The van der Waals surface area contributed by atoms with Crippen LogP contribution < -0.4 is 14.2 Å². The number of hydrogen-bond donors (Lipinski definition) is 2. The molecule has 0 heterocycles. The Hall–Kier alpha value is -6.29. The number of aromatic carboxylic acids is 2. The van der Waals surface area contributed by atoms with E-state index < -0.39 is 29.8 Å². The van der Waals surface area contributed by atoms with E-state index >= 15 is 0 Å². The summed E-state index contributed by atoms with van der Waals surface area (Å²) in [6.45, 7) is 0. The highest BCUT2D eigenvalue weighted by atomic mass is 16.6. The summed E-state index contributed by atoms with van der Waals surface area (Å²) in [6, 6.07) is 26.3. The molecule has 0 aliphatic heterocycles. The van der Waals surface area contributed by atoms with Gasteiger partial charge in [-0.2, -0.15) is 0 Å². The lowest BCUT2D eigenvalue weighted by Gasteiger charge is -2.13. The van der Waals surface area contributed by atoms with Gasteiger partial charge >= 0.3 is 29.8 Å². The molecule has 43 heavy (non-hydrogen) atoms. The Kier molecular flexibility index (Phi) is 7.93. The van der Waals surface area contributed by atoms with E-state index in [0.717, 1.165) is 0 Å². The van der Waals surface area contributed by atoms with Crippen LogP contribution in [0.3, 0.4) is 0 Å². The van der Waals surface area contributed by atoms with Crippen LogP contribution in [0.2, 0.25) is 0 Å². The molecule has 0 saturated heterocycles. The van der Waals surface area contributed by atoms with Crippen molar-refractivity contribution in [3.05, 3.63) is 137 Å². The lowest BCUT2D eigenvalue weighted by atomic mass is 9.99. The minimum atomic E-state index is -1.31. The lowest BCUT2D eigenvalue weighted by Crippen LogP contribution is -2.17. The zero-order chi connectivity index (χ0) is 30.5. The number of carbonyl (C=O) groups is 5. The van der Waals surface area contributed by atoms with Crippen LogP contribution in [0.1, 0.15) is 51.8 Å². The summed E-state index contributed by atoms with van der Waals surface area (Å²) in [5.74, 6) is -4.86. The van der Waals surface area contributed by atoms with Crippen molar-refractivity contribution in [3.63, 3.8) is 0 Å².